The molecule has 1 aliphatic heterocycles. The second kappa shape index (κ2) is 7.13. The number of fused-ring (bicyclic) bond motifs is 1. The average molecular weight is 346 g/mol. The molecule has 128 valence electrons. The van der Waals surface area contributed by atoms with Gasteiger partial charge < -0.3 is 19.7 Å². The van der Waals surface area contributed by atoms with Crippen LogP contribution in [0.4, 0.5) is 4.79 Å². The van der Waals surface area contributed by atoms with Gasteiger partial charge in [-0.15, -0.1) is 11.3 Å². The minimum atomic E-state index is -0.0971. The van der Waals surface area contributed by atoms with Crippen LogP contribution in [0, 0.1) is 0 Å². The van der Waals surface area contributed by atoms with Crippen molar-refractivity contribution in [2.24, 2.45) is 0 Å². The highest BCUT2D eigenvalue weighted by atomic mass is 32.1. The Morgan fingerprint density at radius 3 is 2.71 bits per heavy atom. The van der Waals surface area contributed by atoms with Gasteiger partial charge in [0.2, 0.25) is 0 Å². The third kappa shape index (κ3) is 2.94. The summed E-state index contributed by atoms with van der Waals surface area (Å²) in [4.78, 5) is 15.6. The molecule has 2 aromatic rings. The number of carbonyl (C=O) groups excluding carboxylic acids is 1. The monoisotopic (exact) mass is 346 g/mol. The SMILES string of the molecule is CCNC(=O)N1CCc2cc(OC)c(OC)cc2C1c1cccs1. The third-order valence-electron chi connectivity index (χ3n) is 4.28. The van der Waals surface area contributed by atoms with E-state index in [1.165, 1.54) is 5.56 Å². The number of methoxy groups -OCH3 is 2. The number of thiophene rings is 1. The average Bonchev–Trinajstić information content (AvgIpc) is 3.13. The lowest BCUT2D eigenvalue weighted by atomic mass is 9.91. The second-order valence-electron chi connectivity index (χ2n) is 5.60. The summed E-state index contributed by atoms with van der Waals surface area (Å²) in [5, 5.41) is 4.97. The highest BCUT2D eigenvalue weighted by molar-refractivity contribution is 7.10. The van der Waals surface area contributed by atoms with Gasteiger partial charge in [0.05, 0.1) is 20.3 Å². The van der Waals surface area contributed by atoms with E-state index < -0.39 is 0 Å². The topological polar surface area (TPSA) is 50.8 Å². The zero-order valence-electron chi connectivity index (χ0n) is 14.2. The normalized spacial score (nSPS) is 16.5. The molecule has 5 nitrogen and oxygen atoms in total. The van der Waals surface area contributed by atoms with Gasteiger partial charge in [-0.25, -0.2) is 4.79 Å². The summed E-state index contributed by atoms with van der Waals surface area (Å²) in [7, 11) is 3.28. The molecule has 1 N–H and O–H groups in total. The Bertz CT molecular complexity index is 715. The molecule has 1 aromatic heterocycles. The first-order valence-corrected chi connectivity index (χ1v) is 8.90. The first-order chi connectivity index (χ1) is 11.7. The van der Waals surface area contributed by atoms with E-state index in [0.717, 1.165) is 22.6 Å². The number of hydrogen-bond donors (Lipinski definition) is 1. The highest BCUT2D eigenvalue weighted by Crippen LogP contribution is 2.42. The number of rotatable bonds is 4. The minimum absolute atomic E-state index is 0.0312. The maximum Gasteiger partial charge on any atom is 0.318 e. The van der Waals surface area contributed by atoms with Crippen LogP contribution in [0.1, 0.15) is 29.0 Å². The van der Waals surface area contributed by atoms with Gasteiger partial charge in [0, 0.05) is 18.0 Å². The zero-order chi connectivity index (χ0) is 17.1. The number of nitrogens with one attached hydrogen (secondary N) is 1. The molecule has 2 heterocycles. The van der Waals surface area contributed by atoms with Crippen LogP contribution in [-0.2, 0) is 6.42 Å². The number of carbonyl (C=O) groups is 1. The van der Waals surface area contributed by atoms with Crippen molar-refractivity contribution in [1.82, 2.24) is 10.2 Å². The van der Waals surface area contributed by atoms with E-state index in [-0.39, 0.29) is 12.1 Å². The van der Waals surface area contributed by atoms with E-state index in [9.17, 15) is 4.79 Å². The second-order valence-corrected chi connectivity index (χ2v) is 6.58. The zero-order valence-corrected chi connectivity index (χ0v) is 15.0. The van der Waals surface area contributed by atoms with E-state index in [0.29, 0.717) is 18.8 Å². The Labute approximate surface area is 146 Å². The quantitative estimate of drug-likeness (QED) is 0.923. The van der Waals surface area contributed by atoms with Gasteiger partial charge in [-0.1, -0.05) is 6.07 Å². The fourth-order valence-corrected chi connectivity index (χ4v) is 4.03. The van der Waals surface area contributed by atoms with Crippen LogP contribution in [0.15, 0.2) is 29.6 Å². The highest BCUT2D eigenvalue weighted by Gasteiger charge is 2.33. The molecule has 2 amide bonds. The standard InChI is InChI=1S/C18H22N2O3S/c1-4-19-18(21)20-8-7-12-10-14(22-2)15(23-3)11-13(12)17(20)16-6-5-9-24-16/h5-6,9-11,17H,4,7-8H2,1-3H3,(H,19,21). The van der Waals surface area contributed by atoms with Crippen molar-refractivity contribution in [3.63, 3.8) is 0 Å². The minimum Gasteiger partial charge on any atom is -0.493 e. The van der Waals surface area contributed by atoms with Gasteiger partial charge in [-0.3, -0.25) is 0 Å². The molecule has 0 aliphatic carbocycles. The van der Waals surface area contributed by atoms with E-state index in [1.54, 1.807) is 25.6 Å². The number of urea groups is 1. The van der Waals surface area contributed by atoms with Crippen molar-refractivity contribution in [2.75, 3.05) is 27.3 Å². The molecule has 0 spiro atoms. The van der Waals surface area contributed by atoms with E-state index in [1.807, 2.05) is 35.4 Å². The van der Waals surface area contributed by atoms with Crippen LogP contribution in [0.5, 0.6) is 11.5 Å². The number of hydrogen-bond acceptors (Lipinski definition) is 4. The van der Waals surface area contributed by atoms with Gasteiger partial charge in [0.15, 0.2) is 11.5 Å². The van der Waals surface area contributed by atoms with Crippen LogP contribution in [0.3, 0.4) is 0 Å². The molecule has 1 aromatic carbocycles. The Morgan fingerprint density at radius 1 is 1.33 bits per heavy atom. The lowest BCUT2D eigenvalue weighted by molar-refractivity contribution is 0.181. The van der Waals surface area contributed by atoms with Crippen LogP contribution >= 0.6 is 11.3 Å². The maximum atomic E-state index is 12.6. The predicted molar refractivity (Wildman–Crippen MR) is 95.2 cm³/mol. The molecular formula is C18H22N2O3S. The van der Waals surface area contributed by atoms with Gasteiger partial charge in [0.25, 0.3) is 0 Å². The summed E-state index contributed by atoms with van der Waals surface area (Å²) in [6, 6.07) is 8.00. The molecule has 0 bridgehead atoms. The number of ether oxygens (including phenoxy) is 2. The maximum absolute atomic E-state index is 12.6. The van der Waals surface area contributed by atoms with Crippen molar-refractivity contribution < 1.29 is 14.3 Å². The van der Waals surface area contributed by atoms with E-state index in [2.05, 4.69) is 11.4 Å². The summed E-state index contributed by atoms with van der Waals surface area (Å²) < 4.78 is 10.9. The summed E-state index contributed by atoms with van der Waals surface area (Å²) in [6.07, 6.45) is 0.800. The molecule has 24 heavy (non-hydrogen) atoms. The summed E-state index contributed by atoms with van der Waals surface area (Å²) in [5.74, 6) is 1.42. The Balaban J connectivity index is 2.10. The first kappa shape index (κ1) is 16.6. The lowest BCUT2D eigenvalue weighted by Gasteiger charge is -2.37. The Kier molecular flexibility index (Phi) is 4.94. The van der Waals surface area contributed by atoms with Crippen molar-refractivity contribution in [2.45, 2.75) is 19.4 Å². The lowest BCUT2D eigenvalue weighted by Crippen LogP contribution is -2.45. The van der Waals surface area contributed by atoms with Crippen molar-refractivity contribution in [3.05, 3.63) is 45.6 Å². The molecular weight excluding hydrogens is 324 g/mol. The molecule has 3 rings (SSSR count). The predicted octanol–water partition coefficient (Wildman–Crippen LogP) is 3.44. The number of benzene rings is 1. The van der Waals surface area contributed by atoms with Gasteiger partial charge in [-0.05, 0) is 48.1 Å². The van der Waals surface area contributed by atoms with Crippen molar-refractivity contribution in [1.29, 1.82) is 0 Å². The molecule has 6 heteroatoms. The Hall–Kier alpha value is -2.21. The smallest absolute Gasteiger partial charge is 0.318 e. The fourth-order valence-electron chi connectivity index (χ4n) is 3.17. The summed E-state index contributed by atoms with van der Waals surface area (Å²) in [5.41, 5.74) is 2.30. The molecule has 0 saturated carbocycles. The van der Waals surface area contributed by atoms with Crippen molar-refractivity contribution in [3.8, 4) is 11.5 Å². The van der Waals surface area contributed by atoms with Crippen LogP contribution in [0.2, 0.25) is 0 Å². The third-order valence-corrected chi connectivity index (χ3v) is 5.20. The number of nitrogens with zero attached hydrogens (tertiary/aromatic N) is 1. The molecule has 1 unspecified atom stereocenters. The van der Waals surface area contributed by atoms with Crippen LogP contribution < -0.4 is 14.8 Å². The van der Waals surface area contributed by atoms with Crippen LogP contribution in [0.25, 0.3) is 0 Å². The summed E-state index contributed by atoms with van der Waals surface area (Å²) in [6.45, 7) is 3.23. The molecule has 0 fully saturated rings. The first-order valence-electron chi connectivity index (χ1n) is 8.02. The molecule has 1 aliphatic rings. The molecule has 0 radical (unpaired) electrons. The van der Waals surface area contributed by atoms with Crippen LogP contribution in [-0.4, -0.2) is 38.2 Å². The fraction of sp³-hybridized carbons (Fsp3) is 0.389. The molecule has 1 atom stereocenters. The number of amides is 2. The van der Waals surface area contributed by atoms with Crippen molar-refractivity contribution >= 4 is 17.4 Å². The van der Waals surface area contributed by atoms with E-state index in [4.69, 9.17) is 9.47 Å². The molecule has 0 saturated heterocycles. The van der Waals surface area contributed by atoms with Gasteiger partial charge in [-0.2, -0.15) is 0 Å². The van der Waals surface area contributed by atoms with Gasteiger partial charge in [0.1, 0.15) is 0 Å². The van der Waals surface area contributed by atoms with E-state index >= 15 is 0 Å². The summed E-state index contributed by atoms with van der Waals surface area (Å²) >= 11 is 1.66. The largest absolute Gasteiger partial charge is 0.493 e. The van der Waals surface area contributed by atoms with Gasteiger partial charge >= 0.3 is 6.03 Å². The Morgan fingerprint density at radius 2 is 2.08 bits per heavy atom.